The fourth-order valence-electron chi connectivity index (χ4n) is 3.56. The summed E-state index contributed by atoms with van der Waals surface area (Å²) in [7, 11) is 3.71. The van der Waals surface area contributed by atoms with Crippen LogP contribution >= 0.6 is 11.8 Å². The average molecular weight is 330 g/mol. The number of amides is 1. The summed E-state index contributed by atoms with van der Waals surface area (Å²) in [4.78, 5) is 26.4. The zero-order valence-corrected chi connectivity index (χ0v) is 14.7. The van der Waals surface area contributed by atoms with E-state index in [9.17, 15) is 9.59 Å². The maximum Gasteiger partial charge on any atom is 0.242 e. The standard InChI is InChI=1S/C18H22N2O2S/c1-19(2)20-15-5-4-6-16(21)18(15)14(11-17(20)22)12-7-9-13(23-3)10-8-12/h7-10,14H,4-6,11H2,1-3H3/t14-/m0/s1. The van der Waals surface area contributed by atoms with Crippen molar-refractivity contribution < 1.29 is 9.59 Å². The normalized spacial score (nSPS) is 21.9. The van der Waals surface area contributed by atoms with Gasteiger partial charge < -0.3 is 0 Å². The van der Waals surface area contributed by atoms with Crippen molar-refractivity contribution in [2.75, 3.05) is 20.4 Å². The lowest BCUT2D eigenvalue weighted by molar-refractivity contribution is -0.143. The van der Waals surface area contributed by atoms with Gasteiger partial charge >= 0.3 is 0 Å². The van der Waals surface area contributed by atoms with Crippen LogP contribution in [-0.4, -0.2) is 42.1 Å². The summed E-state index contributed by atoms with van der Waals surface area (Å²) in [5, 5.41) is 3.49. The zero-order chi connectivity index (χ0) is 16.6. The molecule has 1 aromatic rings. The highest BCUT2D eigenvalue weighted by Gasteiger charge is 2.39. The summed E-state index contributed by atoms with van der Waals surface area (Å²) in [6.45, 7) is 0. The maximum atomic E-state index is 12.6. The number of carbonyl (C=O) groups is 2. The number of carbonyl (C=O) groups excluding carboxylic acids is 2. The number of hydrazine groups is 1. The van der Waals surface area contributed by atoms with Crippen LogP contribution in [0.1, 0.15) is 37.2 Å². The molecule has 0 radical (unpaired) electrons. The highest BCUT2D eigenvalue weighted by molar-refractivity contribution is 7.98. The van der Waals surface area contributed by atoms with Gasteiger partial charge in [-0.15, -0.1) is 11.8 Å². The second-order valence-electron chi connectivity index (χ2n) is 6.22. The van der Waals surface area contributed by atoms with Crippen LogP contribution in [0.15, 0.2) is 40.4 Å². The minimum Gasteiger partial charge on any atom is -0.294 e. The van der Waals surface area contributed by atoms with E-state index < -0.39 is 0 Å². The van der Waals surface area contributed by atoms with Gasteiger partial charge in [0.1, 0.15) is 0 Å². The van der Waals surface area contributed by atoms with Crippen LogP contribution in [-0.2, 0) is 9.59 Å². The number of thioether (sulfide) groups is 1. The van der Waals surface area contributed by atoms with Crippen molar-refractivity contribution >= 4 is 23.5 Å². The Morgan fingerprint density at radius 1 is 1.13 bits per heavy atom. The van der Waals surface area contributed by atoms with E-state index in [-0.39, 0.29) is 17.6 Å². The largest absolute Gasteiger partial charge is 0.294 e. The Labute approximate surface area is 141 Å². The Hall–Kier alpha value is -1.59. The first-order valence-corrected chi connectivity index (χ1v) is 9.15. The van der Waals surface area contributed by atoms with Crippen molar-refractivity contribution in [1.29, 1.82) is 0 Å². The highest BCUT2D eigenvalue weighted by Crippen LogP contribution is 2.42. The van der Waals surface area contributed by atoms with Crippen LogP contribution < -0.4 is 0 Å². The number of hydrogen-bond donors (Lipinski definition) is 0. The van der Waals surface area contributed by atoms with Gasteiger partial charge in [-0.2, -0.15) is 0 Å². The van der Waals surface area contributed by atoms with E-state index in [0.717, 1.165) is 29.7 Å². The summed E-state index contributed by atoms with van der Waals surface area (Å²) in [6, 6.07) is 8.25. The molecule has 1 atom stereocenters. The lowest BCUT2D eigenvalue weighted by Gasteiger charge is -2.41. The van der Waals surface area contributed by atoms with Crippen LogP contribution in [0.25, 0.3) is 0 Å². The molecule has 1 aliphatic carbocycles. The number of ketones is 1. The lowest BCUT2D eigenvalue weighted by atomic mass is 9.78. The molecule has 2 aliphatic rings. The third-order valence-corrected chi connectivity index (χ3v) is 5.31. The van der Waals surface area contributed by atoms with E-state index in [1.54, 1.807) is 21.8 Å². The predicted octanol–water partition coefficient (Wildman–Crippen LogP) is 3.21. The molecule has 0 bridgehead atoms. The molecule has 0 saturated carbocycles. The molecule has 1 aromatic carbocycles. The molecule has 1 heterocycles. The Morgan fingerprint density at radius 2 is 1.83 bits per heavy atom. The molecule has 0 aromatic heterocycles. The quantitative estimate of drug-likeness (QED) is 0.798. The summed E-state index contributed by atoms with van der Waals surface area (Å²) in [5.74, 6) is 0.171. The third-order valence-electron chi connectivity index (χ3n) is 4.57. The number of hydrogen-bond acceptors (Lipinski definition) is 4. The number of allylic oxidation sites excluding steroid dienone is 2. The molecule has 0 N–H and O–H groups in total. The van der Waals surface area contributed by atoms with Crippen LogP contribution in [0.5, 0.6) is 0 Å². The molecule has 3 rings (SSSR count). The van der Waals surface area contributed by atoms with Gasteiger partial charge in [0, 0.05) is 49.0 Å². The Bertz CT molecular complexity index is 664. The van der Waals surface area contributed by atoms with Crippen molar-refractivity contribution in [1.82, 2.24) is 10.0 Å². The van der Waals surface area contributed by atoms with E-state index in [4.69, 9.17) is 0 Å². The van der Waals surface area contributed by atoms with Crippen molar-refractivity contribution in [3.8, 4) is 0 Å². The van der Waals surface area contributed by atoms with Crippen LogP contribution in [0.2, 0.25) is 0 Å². The third kappa shape index (κ3) is 2.95. The Morgan fingerprint density at radius 3 is 2.43 bits per heavy atom. The fraction of sp³-hybridized carbons (Fsp3) is 0.444. The van der Waals surface area contributed by atoms with Gasteiger partial charge in [0.15, 0.2) is 5.78 Å². The Balaban J connectivity index is 2.07. The molecule has 0 unspecified atom stereocenters. The van der Waals surface area contributed by atoms with E-state index in [2.05, 4.69) is 24.3 Å². The van der Waals surface area contributed by atoms with Gasteiger partial charge in [0.25, 0.3) is 0 Å². The van der Waals surface area contributed by atoms with Crippen molar-refractivity contribution in [3.05, 3.63) is 41.1 Å². The first-order chi connectivity index (χ1) is 11.0. The molecule has 122 valence electrons. The molecular formula is C18H22N2O2S. The van der Waals surface area contributed by atoms with Gasteiger partial charge in [-0.05, 0) is 36.8 Å². The van der Waals surface area contributed by atoms with Crippen LogP contribution in [0.4, 0.5) is 0 Å². The first-order valence-electron chi connectivity index (χ1n) is 7.93. The molecule has 1 amide bonds. The molecule has 5 heteroatoms. The van der Waals surface area contributed by atoms with Gasteiger partial charge in [-0.25, -0.2) is 10.0 Å². The Kier molecular flexibility index (Phi) is 4.60. The van der Waals surface area contributed by atoms with E-state index in [1.807, 2.05) is 20.4 Å². The monoisotopic (exact) mass is 330 g/mol. The van der Waals surface area contributed by atoms with Gasteiger partial charge in [-0.3, -0.25) is 9.59 Å². The van der Waals surface area contributed by atoms with Crippen molar-refractivity contribution in [2.45, 2.75) is 36.5 Å². The molecular weight excluding hydrogens is 308 g/mol. The predicted molar refractivity (Wildman–Crippen MR) is 92.0 cm³/mol. The summed E-state index contributed by atoms with van der Waals surface area (Å²) in [5.41, 5.74) is 2.82. The molecule has 0 fully saturated rings. The van der Waals surface area contributed by atoms with Gasteiger partial charge in [0.05, 0.1) is 0 Å². The molecule has 1 aliphatic heterocycles. The molecule has 0 saturated heterocycles. The lowest BCUT2D eigenvalue weighted by Crippen LogP contribution is -2.47. The van der Waals surface area contributed by atoms with Crippen LogP contribution in [0, 0.1) is 0 Å². The van der Waals surface area contributed by atoms with Crippen LogP contribution in [0.3, 0.4) is 0 Å². The number of nitrogens with zero attached hydrogens (tertiary/aromatic N) is 2. The zero-order valence-electron chi connectivity index (χ0n) is 13.8. The first kappa shape index (κ1) is 16.3. The minimum atomic E-state index is -0.0996. The minimum absolute atomic E-state index is 0.0717. The maximum absolute atomic E-state index is 12.6. The van der Waals surface area contributed by atoms with Crippen molar-refractivity contribution in [3.63, 3.8) is 0 Å². The summed E-state index contributed by atoms with van der Waals surface area (Å²) in [6.07, 6.45) is 4.62. The van der Waals surface area contributed by atoms with E-state index in [0.29, 0.717) is 12.8 Å². The van der Waals surface area contributed by atoms with Gasteiger partial charge in [-0.1, -0.05) is 12.1 Å². The number of rotatable bonds is 3. The summed E-state index contributed by atoms with van der Waals surface area (Å²) >= 11 is 1.69. The second-order valence-corrected chi connectivity index (χ2v) is 7.10. The summed E-state index contributed by atoms with van der Waals surface area (Å²) < 4.78 is 0. The van der Waals surface area contributed by atoms with Crippen molar-refractivity contribution in [2.24, 2.45) is 0 Å². The molecule has 0 spiro atoms. The molecule has 4 nitrogen and oxygen atoms in total. The van der Waals surface area contributed by atoms with Gasteiger partial charge in [0.2, 0.25) is 5.91 Å². The smallest absolute Gasteiger partial charge is 0.242 e. The number of benzene rings is 1. The highest BCUT2D eigenvalue weighted by atomic mass is 32.2. The van der Waals surface area contributed by atoms with E-state index in [1.165, 1.54) is 4.90 Å². The SMILES string of the molecule is CSc1ccc([C@@H]2CC(=O)N(N(C)C)C3=C2C(=O)CCC3)cc1. The second kappa shape index (κ2) is 6.49. The number of Topliss-reactive ketones (excluding diaryl/α,β-unsaturated/α-hetero) is 1. The molecule has 23 heavy (non-hydrogen) atoms. The topological polar surface area (TPSA) is 40.6 Å². The fourth-order valence-corrected chi connectivity index (χ4v) is 3.97. The van der Waals surface area contributed by atoms with E-state index >= 15 is 0 Å². The average Bonchev–Trinajstić information content (AvgIpc) is 2.54.